The first-order valence-corrected chi connectivity index (χ1v) is 6.16. The molecule has 0 spiro atoms. The number of pyridine rings is 1. The van der Waals surface area contributed by atoms with Crippen LogP contribution >= 0.6 is 11.6 Å². The van der Waals surface area contributed by atoms with E-state index >= 15 is 0 Å². The summed E-state index contributed by atoms with van der Waals surface area (Å²) in [5.74, 6) is -1.76. The van der Waals surface area contributed by atoms with Crippen LogP contribution < -0.4 is 5.32 Å². The lowest BCUT2D eigenvalue weighted by molar-refractivity contribution is -0.139. The largest absolute Gasteiger partial charge is 0.479 e. The van der Waals surface area contributed by atoms with Gasteiger partial charge in [-0.2, -0.15) is 0 Å². The van der Waals surface area contributed by atoms with Crippen LogP contribution in [0.2, 0.25) is 5.02 Å². The lowest BCUT2D eigenvalue weighted by Crippen LogP contribution is -2.34. The SMILES string of the molecule is O=C(N[C@@H](C(=O)O)c1ccccc1Cl)c1ccccn1. The molecule has 0 aliphatic rings. The Kier molecular flexibility index (Phi) is 4.32. The number of halogens is 1. The van der Waals surface area contributed by atoms with Crippen molar-refractivity contribution in [2.45, 2.75) is 6.04 Å². The minimum Gasteiger partial charge on any atom is -0.479 e. The summed E-state index contributed by atoms with van der Waals surface area (Å²) in [4.78, 5) is 27.2. The second-order valence-electron chi connectivity index (χ2n) is 3.98. The van der Waals surface area contributed by atoms with Crippen LogP contribution in [-0.2, 0) is 4.79 Å². The molecule has 2 aromatic rings. The molecule has 102 valence electrons. The van der Waals surface area contributed by atoms with E-state index in [1.54, 1.807) is 36.4 Å². The van der Waals surface area contributed by atoms with Gasteiger partial charge in [-0.05, 0) is 18.2 Å². The molecule has 1 atom stereocenters. The highest BCUT2D eigenvalue weighted by molar-refractivity contribution is 6.31. The van der Waals surface area contributed by atoms with E-state index in [9.17, 15) is 14.7 Å². The molecule has 0 radical (unpaired) electrons. The van der Waals surface area contributed by atoms with Crippen LogP contribution in [0.5, 0.6) is 0 Å². The van der Waals surface area contributed by atoms with Crippen molar-refractivity contribution in [1.82, 2.24) is 10.3 Å². The number of rotatable bonds is 4. The molecule has 1 heterocycles. The fraction of sp³-hybridized carbons (Fsp3) is 0.0714. The molecule has 0 aliphatic carbocycles. The average Bonchev–Trinajstić information content (AvgIpc) is 2.46. The maximum atomic E-state index is 12.0. The number of nitrogens with one attached hydrogen (secondary N) is 1. The molecule has 5 nitrogen and oxygen atoms in total. The first kappa shape index (κ1) is 14.0. The van der Waals surface area contributed by atoms with E-state index in [1.165, 1.54) is 12.3 Å². The highest BCUT2D eigenvalue weighted by Gasteiger charge is 2.24. The lowest BCUT2D eigenvalue weighted by Gasteiger charge is -2.15. The summed E-state index contributed by atoms with van der Waals surface area (Å²) >= 11 is 5.96. The molecule has 0 saturated heterocycles. The second kappa shape index (κ2) is 6.16. The Labute approximate surface area is 120 Å². The number of carboxylic acid groups (broad SMARTS) is 1. The van der Waals surface area contributed by atoms with Gasteiger partial charge in [0.2, 0.25) is 0 Å². The molecule has 0 fully saturated rings. The zero-order valence-corrected chi connectivity index (χ0v) is 11.0. The molecule has 0 saturated carbocycles. The van der Waals surface area contributed by atoms with Crippen molar-refractivity contribution in [1.29, 1.82) is 0 Å². The smallest absolute Gasteiger partial charge is 0.330 e. The fourth-order valence-corrected chi connectivity index (χ4v) is 1.93. The number of carbonyl (C=O) groups excluding carboxylic acids is 1. The van der Waals surface area contributed by atoms with Crippen LogP contribution in [0.25, 0.3) is 0 Å². The highest BCUT2D eigenvalue weighted by atomic mass is 35.5. The summed E-state index contributed by atoms with van der Waals surface area (Å²) in [6.45, 7) is 0. The molecule has 1 amide bonds. The third kappa shape index (κ3) is 3.13. The van der Waals surface area contributed by atoms with E-state index in [-0.39, 0.29) is 10.7 Å². The van der Waals surface area contributed by atoms with E-state index in [0.29, 0.717) is 5.56 Å². The number of aromatic nitrogens is 1. The van der Waals surface area contributed by atoms with Gasteiger partial charge in [-0.25, -0.2) is 4.79 Å². The van der Waals surface area contributed by atoms with Crippen LogP contribution in [-0.4, -0.2) is 22.0 Å². The van der Waals surface area contributed by atoms with Crippen molar-refractivity contribution in [2.24, 2.45) is 0 Å². The van der Waals surface area contributed by atoms with Gasteiger partial charge in [0.1, 0.15) is 5.69 Å². The van der Waals surface area contributed by atoms with E-state index in [1.807, 2.05) is 0 Å². The molecular formula is C14H11ClN2O3. The number of hydrogen-bond acceptors (Lipinski definition) is 3. The number of carbonyl (C=O) groups is 2. The Morgan fingerprint density at radius 2 is 1.85 bits per heavy atom. The summed E-state index contributed by atoms with van der Waals surface area (Å²) in [5, 5.41) is 11.9. The molecule has 1 aromatic carbocycles. The first-order valence-electron chi connectivity index (χ1n) is 5.78. The van der Waals surface area contributed by atoms with Gasteiger partial charge in [0.05, 0.1) is 0 Å². The summed E-state index contributed by atoms with van der Waals surface area (Å²) in [5.41, 5.74) is 0.469. The van der Waals surface area contributed by atoms with Crippen LogP contribution in [0.1, 0.15) is 22.1 Å². The normalized spacial score (nSPS) is 11.7. The number of nitrogens with zero attached hydrogens (tertiary/aromatic N) is 1. The maximum Gasteiger partial charge on any atom is 0.330 e. The van der Waals surface area contributed by atoms with Crippen LogP contribution in [0, 0.1) is 0 Å². The summed E-state index contributed by atoms with van der Waals surface area (Å²) in [6, 6.07) is 10.1. The van der Waals surface area contributed by atoms with Gasteiger partial charge >= 0.3 is 5.97 Å². The van der Waals surface area contributed by atoms with E-state index in [4.69, 9.17) is 11.6 Å². The lowest BCUT2D eigenvalue weighted by atomic mass is 10.1. The number of carboxylic acids is 1. The molecule has 6 heteroatoms. The predicted octanol–water partition coefficient (Wildman–Crippen LogP) is 2.29. The topological polar surface area (TPSA) is 79.3 Å². The van der Waals surface area contributed by atoms with Gasteiger partial charge in [-0.1, -0.05) is 35.9 Å². The zero-order chi connectivity index (χ0) is 14.5. The van der Waals surface area contributed by atoms with Crippen LogP contribution in [0.4, 0.5) is 0 Å². The van der Waals surface area contributed by atoms with Gasteiger partial charge in [-0.3, -0.25) is 9.78 Å². The molecule has 20 heavy (non-hydrogen) atoms. The van der Waals surface area contributed by atoms with Crippen molar-refractivity contribution < 1.29 is 14.7 Å². The van der Waals surface area contributed by atoms with Crippen LogP contribution in [0.3, 0.4) is 0 Å². The molecule has 0 unspecified atom stereocenters. The number of aliphatic carboxylic acids is 1. The van der Waals surface area contributed by atoms with Gasteiger partial charge in [0, 0.05) is 16.8 Å². The van der Waals surface area contributed by atoms with E-state index in [2.05, 4.69) is 10.3 Å². The van der Waals surface area contributed by atoms with Crippen molar-refractivity contribution in [3.8, 4) is 0 Å². The summed E-state index contributed by atoms with van der Waals surface area (Å²) in [7, 11) is 0. The molecule has 2 N–H and O–H groups in total. The second-order valence-corrected chi connectivity index (χ2v) is 4.39. The van der Waals surface area contributed by atoms with Gasteiger partial charge in [0.25, 0.3) is 5.91 Å². The predicted molar refractivity (Wildman–Crippen MR) is 73.5 cm³/mol. The van der Waals surface area contributed by atoms with Crippen LogP contribution in [0.15, 0.2) is 48.7 Å². The van der Waals surface area contributed by atoms with Gasteiger partial charge in [-0.15, -0.1) is 0 Å². The standard InChI is InChI=1S/C14H11ClN2O3/c15-10-6-2-1-5-9(10)12(14(19)20)17-13(18)11-7-3-4-8-16-11/h1-8,12H,(H,17,18)(H,19,20)/t12-/m1/s1. The van der Waals surface area contributed by atoms with Crippen molar-refractivity contribution in [3.63, 3.8) is 0 Å². The van der Waals surface area contributed by atoms with Crippen molar-refractivity contribution in [3.05, 3.63) is 64.9 Å². The third-order valence-electron chi connectivity index (χ3n) is 2.64. The first-order chi connectivity index (χ1) is 9.59. The Hall–Kier alpha value is -2.40. The third-order valence-corrected chi connectivity index (χ3v) is 2.98. The summed E-state index contributed by atoms with van der Waals surface area (Å²) in [6.07, 6.45) is 1.46. The van der Waals surface area contributed by atoms with Crippen molar-refractivity contribution in [2.75, 3.05) is 0 Å². The summed E-state index contributed by atoms with van der Waals surface area (Å²) < 4.78 is 0. The Bertz CT molecular complexity index is 631. The molecule has 2 rings (SSSR count). The van der Waals surface area contributed by atoms with Crippen molar-refractivity contribution >= 4 is 23.5 Å². The maximum absolute atomic E-state index is 12.0. The zero-order valence-electron chi connectivity index (χ0n) is 10.3. The molecule has 0 aliphatic heterocycles. The van der Waals surface area contributed by atoms with E-state index < -0.39 is 17.9 Å². The molecule has 1 aromatic heterocycles. The minimum absolute atomic E-state index is 0.144. The van der Waals surface area contributed by atoms with E-state index in [0.717, 1.165) is 0 Å². The fourth-order valence-electron chi connectivity index (χ4n) is 1.68. The number of benzene rings is 1. The quantitative estimate of drug-likeness (QED) is 0.905. The molecule has 0 bridgehead atoms. The van der Waals surface area contributed by atoms with Gasteiger partial charge in [0.15, 0.2) is 6.04 Å². The average molecular weight is 291 g/mol. The Balaban J connectivity index is 2.26. The number of hydrogen-bond donors (Lipinski definition) is 2. The minimum atomic E-state index is -1.22. The Morgan fingerprint density at radius 1 is 1.15 bits per heavy atom. The van der Waals surface area contributed by atoms with Gasteiger partial charge < -0.3 is 10.4 Å². The highest BCUT2D eigenvalue weighted by Crippen LogP contribution is 2.23. The molecular weight excluding hydrogens is 280 g/mol. The number of amides is 1. The monoisotopic (exact) mass is 290 g/mol. The Morgan fingerprint density at radius 3 is 2.45 bits per heavy atom.